The zero-order valence-electron chi connectivity index (χ0n) is 11.6. The van der Waals surface area contributed by atoms with E-state index in [0.717, 1.165) is 4.68 Å². The van der Waals surface area contributed by atoms with Crippen LogP contribution in [0.3, 0.4) is 0 Å². The zero-order chi connectivity index (χ0) is 13.5. The maximum absolute atomic E-state index is 11.6. The molecule has 0 saturated carbocycles. The minimum atomic E-state index is -0.622. The van der Waals surface area contributed by atoms with Crippen LogP contribution in [0.15, 0.2) is 0 Å². The van der Waals surface area contributed by atoms with Crippen molar-refractivity contribution < 1.29 is 72.5 Å². The van der Waals surface area contributed by atoms with Gasteiger partial charge in [0.2, 0.25) is 0 Å². The van der Waals surface area contributed by atoms with Gasteiger partial charge in [-0.1, -0.05) is 0 Å². The molecule has 0 fully saturated rings. The summed E-state index contributed by atoms with van der Waals surface area (Å²) in [6.07, 6.45) is 1.24. The number of hydrogen-bond acceptors (Lipinski definition) is 5. The summed E-state index contributed by atoms with van der Waals surface area (Å²) in [5, 5.41) is 4.16. The first-order chi connectivity index (χ1) is 8.43. The van der Waals surface area contributed by atoms with E-state index in [0.29, 0.717) is 17.8 Å². The largest absolute Gasteiger partial charge is 1.00 e. The Balaban J connectivity index is 0.00000180. The van der Waals surface area contributed by atoms with Gasteiger partial charge in [-0.2, -0.15) is 11.5 Å². The van der Waals surface area contributed by atoms with Crippen LogP contribution in [-0.2, 0) is 21.6 Å². The molecule has 0 unspecified atom stereocenters. The molecule has 1 amide bonds. The number of nitrogens with zero attached hydrogens (tertiary/aromatic N) is 3. The smallest absolute Gasteiger partial charge is 0.520 e. The molecule has 0 aliphatic carbocycles. The quantitative estimate of drug-likeness (QED) is 0.608. The number of nitrogens with two attached hydrogens (primary N) is 1. The Labute approximate surface area is 160 Å². The van der Waals surface area contributed by atoms with Gasteiger partial charge >= 0.3 is 64.3 Å². The third-order valence-corrected chi connectivity index (χ3v) is 3.14. The van der Waals surface area contributed by atoms with E-state index in [2.05, 4.69) is 5.10 Å². The molecule has 2 N–H and O–H groups in total. The van der Waals surface area contributed by atoms with E-state index < -0.39 is 11.6 Å². The number of aromatic nitrogens is 2. The Morgan fingerprint density at radius 3 is 2.68 bits per heavy atom. The molecule has 7 nitrogen and oxygen atoms in total. The predicted octanol–water partition coefficient (Wildman–Crippen LogP) is -2.41. The van der Waals surface area contributed by atoms with Crippen molar-refractivity contribution in [2.45, 2.75) is 32.9 Å². The molecule has 0 spiro atoms. The van der Waals surface area contributed by atoms with Gasteiger partial charge in [0.1, 0.15) is 5.82 Å². The summed E-state index contributed by atoms with van der Waals surface area (Å²) in [5.41, 5.74) is 6.53. The normalized spacial score (nSPS) is 15.6. The molecule has 98 valence electrons. The fourth-order valence-electron chi connectivity index (χ4n) is 2.06. The van der Waals surface area contributed by atoms with Crippen molar-refractivity contribution >= 4 is 18.3 Å². The van der Waals surface area contributed by atoms with E-state index in [4.69, 9.17) is 10.5 Å². The molecule has 8 heteroatoms. The second-order valence-corrected chi connectivity index (χ2v) is 4.56. The van der Waals surface area contributed by atoms with Crippen molar-refractivity contribution in [3.05, 3.63) is 11.3 Å². The maximum atomic E-state index is 11.6. The summed E-state index contributed by atoms with van der Waals surface area (Å²) in [4.78, 5) is 24.0. The monoisotopic (exact) mass is 336 g/mol. The Kier molecular flexibility index (Phi) is 5.33. The standard InChI is InChI=1S/C11H15N4O3.Rb/c1-4-18-10(17)15-9(12)7-5-14(6-16)11(2,3)8(7)13-15;/h4-5,12H2,1-3H3;/q-1;+1. The Morgan fingerprint density at radius 1 is 1.58 bits per heavy atom. The minimum Gasteiger partial charge on any atom is -0.520 e. The van der Waals surface area contributed by atoms with Gasteiger partial charge in [-0.25, -0.2) is 4.79 Å². The SMILES string of the molecule is CCOC(=O)n1nc2c(c1N)CN([C-]=O)C2(C)C.[Rb+]. The van der Waals surface area contributed by atoms with Gasteiger partial charge < -0.3 is 20.2 Å². The number of anilines is 1. The van der Waals surface area contributed by atoms with Crippen molar-refractivity contribution in [1.29, 1.82) is 0 Å². The first-order valence-electron chi connectivity index (χ1n) is 5.63. The fraction of sp³-hybridized carbons (Fsp3) is 0.545. The van der Waals surface area contributed by atoms with E-state index in [1.165, 1.54) is 4.90 Å². The summed E-state index contributed by atoms with van der Waals surface area (Å²) in [7, 11) is 0. The number of carbonyl (C=O) groups is 1. The molecule has 0 radical (unpaired) electrons. The average Bonchev–Trinajstić information content (AvgIpc) is 2.76. The van der Waals surface area contributed by atoms with Crippen LogP contribution in [0.1, 0.15) is 32.0 Å². The minimum absolute atomic E-state index is 0. The van der Waals surface area contributed by atoms with Crippen LogP contribution in [0, 0.1) is 0 Å². The molecule has 0 saturated heterocycles. The topological polar surface area (TPSA) is 90.4 Å². The van der Waals surface area contributed by atoms with Gasteiger partial charge in [0.25, 0.3) is 0 Å². The van der Waals surface area contributed by atoms with Crippen molar-refractivity contribution in [2.75, 3.05) is 12.3 Å². The molecule has 1 aromatic heterocycles. The first kappa shape index (κ1) is 16.8. The van der Waals surface area contributed by atoms with Gasteiger partial charge in [0, 0.05) is 12.1 Å². The molecule has 1 aliphatic rings. The van der Waals surface area contributed by atoms with Gasteiger partial charge in [-0.15, -0.1) is 4.68 Å². The van der Waals surface area contributed by atoms with Crippen molar-refractivity contribution in [3.63, 3.8) is 0 Å². The first-order valence-corrected chi connectivity index (χ1v) is 5.63. The number of fused-ring (bicyclic) bond motifs is 1. The zero-order valence-corrected chi connectivity index (χ0v) is 16.5. The van der Waals surface area contributed by atoms with E-state index in [1.54, 1.807) is 6.92 Å². The number of nitrogen functional groups attached to an aromatic ring is 1. The fourth-order valence-corrected chi connectivity index (χ4v) is 2.06. The summed E-state index contributed by atoms with van der Waals surface area (Å²) in [5.74, 6) is 0.217. The Morgan fingerprint density at radius 2 is 2.21 bits per heavy atom. The van der Waals surface area contributed by atoms with Crippen LogP contribution in [0.2, 0.25) is 0 Å². The molecular weight excluding hydrogens is 322 g/mol. The summed E-state index contributed by atoms with van der Waals surface area (Å²) < 4.78 is 5.90. The van der Waals surface area contributed by atoms with Crippen LogP contribution in [-0.4, -0.2) is 33.8 Å². The van der Waals surface area contributed by atoms with Gasteiger partial charge in [0.15, 0.2) is 0 Å². The number of rotatable bonds is 2. The van der Waals surface area contributed by atoms with Gasteiger partial charge in [0.05, 0.1) is 17.8 Å². The van der Waals surface area contributed by atoms with Crippen LogP contribution in [0.5, 0.6) is 0 Å². The molecule has 0 aromatic carbocycles. The second-order valence-electron chi connectivity index (χ2n) is 4.56. The van der Waals surface area contributed by atoms with Crippen LogP contribution in [0.4, 0.5) is 10.6 Å². The Hall–Kier alpha value is -0.245. The van der Waals surface area contributed by atoms with Crippen LogP contribution in [0.25, 0.3) is 0 Å². The second kappa shape index (κ2) is 6.03. The third kappa shape index (κ3) is 2.65. The number of hydrogen-bond donors (Lipinski definition) is 1. The van der Waals surface area contributed by atoms with E-state index in [9.17, 15) is 9.59 Å². The average molecular weight is 337 g/mol. The van der Waals surface area contributed by atoms with Crippen molar-refractivity contribution in [3.8, 4) is 0 Å². The molecule has 1 aliphatic heterocycles. The number of ether oxygens (including phenoxy) is 1. The molecule has 1 aromatic rings. The molecule has 0 atom stereocenters. The van der Waals surface area contributed by atoms with E-state index in [-0.39, 0.29) is 70.6 Å². The molecule has 19 heavy (non-hydrogen) atoms. The molecular formula is C11H15N4O3Rb. The maximum Gasteiger partial charge on any atom is 1.00 e. The van der Waals surface area contributed by atoms with Crippen molar-refractivity contribution in [1.82, 2.24) is 14.7 Å². The summed E-state index contributed by atoms with van der Waals surface area (Å²) in [6, 6.07) is 0. The molecule has 0 bridgehead atoms. The van der Waals surface area contributed by atoms with Crippen LogP contribution < -0.4 is 63.9 Å². The Bertz CT molecular complexity index is 512. The molecule has 2 heterocycles. The van der Waals surface area contributed by atoms with Gasteiger partial charge in [-0.05, 0) is 20.8 Å². The molecule has 2 rings (SSSR count). The number of amides is 1. The van der Waals surface area contributed by atoms with Crippen molar-refractivity contribution in [2.24, 2.45) is 0 Å². The predicted molar refractivity (Wildman–Crippen MR) is 63.3 cm³/mol. The number of carbonyl (C=O) groups excluding carboxylic acids is 2. The third-order valence-electron chi connectivity index (χ3n) is 3.14. The van der Waals surface area contributed by atoms with E-state index in [1.807, 2.05) is 20.3 Å². The summed E-state index contributed by atoms with van der Waals surface area (Å²) in [6.45, 7) is 5.91. The van der Waals surface area contributed by atoms with Crippen LogP contribution >= 0.6 is 0 Å². The van der Waals surface area contributed by atoms with E-state index >= 15 is 0 Å². The summed E-state index contributed by atoms with van der Waals surface area (Å²) >= 11 is 0. The van der Waals surface area contributed by atoms with Gasteiger partial charge in [-0.3, -0.25) is 0 Å².